The van der Waals surface area contributed by atoms with Crippen LogP contribution in [0.25, 0.3) is 5.57 Å². The van der Waals surface area contributed by atoms with E-state index >= 15 is 0 Å². The number of carbonyl (C=O) groups excluding carboxylic acids is 1. The quantitative estimate of drug-likeness (QED) is 0.779. The monoisotopic (exact) mass is 290 g/mol. The second kappa shape index (κ2) is 5.45. The Labute approximate surface area is 130 Å². The van der Waals surface area contributed by atoms with Gasteiger partial charge in [0, 0.05) is 5.92 Å². The van der Waals surface area contributed by atoms with Gasteiger partial charge in [-0.15, -0.1) is 0 Å². The van der Waals surface area contributed by atoms with Gasteiger partial charge >= 0.3 is 5.97 Å². The number of carbonyl (C=O) groups is 1. The first kappa shape index (κ1) is 13.3. The normalized spacial score (nSPS) is 23.3. The van der Waals surface area contributed by atoms with E-state index < -0.39 is 0 Å². The maximum absolute atomic E-state index is 11.9. The Morgan fingerprint density at radius 3 is 2.00 bits per heavy atom. The van der Waals surface area contributed by atoms with Gasteiger partial charge < -0.3 is 4.74 Å². The van der Waals surface area contributed by atoms with E-state index in [0.717, 1.165) is 12.8 Å². The molecule has 1 aliphatic heterocycles. The molecule has 2 aromatic carbocycles. The lowest BCUT2D eigenvalue weighted by molar-refractivity contribution is -0.141. The van der Waals surface area contributed by atoms with Crippen molar-refractivity contribution in [3.05, 3.63) is 77.4 Å². The smallest absolute Gasteiger partial charge is 0.309 e. The largest absolute Gasteiger partial charge is 0.465 e. The Balaban J connectivity index is 1.82. The highest BCUT2D eigenvalue weighted by atomic mass is 16.5. The summed E-state index contributed by atoms with van der Waals surface area (Å²) in [5.74, 6) is 0.419. The Morgan fingerprint density at radius 1 is 0.864 bits per heavy atom. The van der Waals surface area contributed by atoms with Crippen molar-refractivity contribution in [1.29, 1.82) is 0 Å². The van der Waals surface area contributed by atoms with Gasteiger partial charge in [-0.25, -0.2) is 0 Å². The Morgan fingerprint density at radius 2 is 1.45 bits per heavy atom. The lowest BCUT2D eigenvalue weighted by Crippen LogP contribution is -2.08. The fourth-order valence-electron chi connectivity index (χ4n) is 3.71. The highest BCUT2D eigenvalue weighted by Crippen LogP contribution is 2.45. The zero-order valence-electron chi connectivity index (χ0n) is 12.4. The highest BCUT2D eigenvalue weighted by molar-refractivity contribution is 5.84. The second-order valence-corrected chi connectivity index (χ2v) is 6.12. The van der Waals surface area contributed by atoms with Crippen molar-refractivity contribution in [3.63, 3.8) is 0 Å². The number of esters is 1. The van der Waals surface area contributed by atoms with Crippen LogP contribution in [0.2, 0.25) is 0 Å². The van der Waals surface area contributed by atoms with Crippen molar-refractivity contribution in [2.24, 2.45) is 11.8 Å². The third-order valence-electron chi connectivity index (χ3n) is 4.76. The molecule has 22 heavy (non-hydrogen) atoms. The Bertz CT molecular complexity index is 674. The molecule has 110 valence electrons. The fraction of sp³-hybridized carbons (Fsp3) is 0.250. The molecular formula is C20H18O2. The molecule has 0 aromatic heterocycles. The minimum atomic E-state index is -0.0135. The van der Waals surface area contributed by atoms with E-state index in [4.69, 9.17) is 4.74 Å². The van der Waals surface area contributed by atoms with Gasteiger partial charge in [-0.3, -0.25) is 4.79 Å². The third kappa shape index (κ3) is 2.25. The summed E-state index contributed by atoms with van der Waals surface area (Å²) in [7, 11) is 0. The van der Waals surface area contributed by atoms with E-state index in [1.54, 1.807) is 0 Å². The number of benzene rings is 2. The molecule has 1 saturated carbocycles. The van der Waals surface area contributed by atoms with Crippen molar-refractivity contribution in [2.45, 2.75) is 12.8 Å². The summed E-state index contributed by atoms with van der Waals surface area (Å²) in [5, 5.41) is 0. The highest BCUT2D eigenvalue weighted by Gasteiger charge is 2.43. The van der Waals surface area contributed by atoms with E-state index in [1.807, 2.05) is 12.1 Å². The lowest BCUT2D eigenvalue weighted by Gasteiger charge is -2.13. The van der Waals surface area contributed by atoms with Crippen molar-refractivity contribution in [2.75, 3.05) is 6.61 Å². The van der Waals surface area contributed by atoms with Crippen molar-refractivity contribution in [1.82, 2.24) is 0 Å². The molecule has 2 atom stereocenters. The molecule has 2 unspecified atom stereocenters. The summed E-state index contributed by atoms with van der Waals surface area (Å²) in [5.41, 5.74) is 5.15. The zero-order chi connectivity index (χ0) is 14.9. The average molecular weight is 290 g/mol. The molecule has 2 fully saturated rings. The molecule has 0 N–H and O–H groups in total. The molecule has 1 saturated heterocycles. The lowest BCUT2D eigenvalue weighted by atomic mass is 9.91. The topological polar surface area (TPSA) is 26.3 Å². The summed E-state index contributed by atoms with van der Waals surface area (Å²) in [6, 6.07) is 21.0. The number of cyclic esters (lactones) is 1. The summed E-state index contributed by atoms with van der Waals surface area (Å²) in [6.45, 7) is 0.587. The van der Waals surface area contributed by atoms with Crippen LogP contribution in [0.3, 0.4) is 0 Å². The molecule has 2 aliphatic rings. The SMILES string of the molecule is O=C1OCC2CC(=C(c3ccccc3)c3ccccc3)CC12. The number of fused-ring (bicyclic) bond motifs is 1. The second-order valence-electron chi connectivity index (χ2n) is 6.12. The van der Waals surface area contributed by atoms with E-state index in [0.29, 0.717) is 12.5 Å². The van der Waals surface area contributed by atoms with Crippen LogP contribution in [0, 0.1) is 11.8 Å². The van der Waals surface area contributed by atoms with Crippen molar-refractivity contribution >= 4 is 11.5 Å². The molecule has 0 amide bonds. The fourth-order valence-corrected chi connectivity index (χ4v) is 3.71. The summed E-state index contributed by atoms with van der Waals surface area (Å²) in [4.78, 5) is 11.9. The van der Waals surface area contributed by atoms with E-state index in [-0.39, 0.29) is 11.9 Å². The van der Waals surface area contributed by atoms with Gasteiger partial charge in [0.25, 0.3) is 0 Å². The van der Waals surface area contributed by atoms with Gasteiger partial charge in [-0.05, 0) is 29.5 Å². The van der Waals surface area contributed by atoms with Crippen LogP contribution in [0.4, 0.5) is 0 Å². The van der Waals surface area contributed by atoms with Crippen molar-refractivity contribution < 1.29 is 9.53 Å². The number of hydrogen-bond donors (Lipinski definition) is 0. The van der Waals surface area contributed by atoms with E-state index in [1.165, 1.54) is 22.3 Å². The molecule has 0 radical (unpaired) electrons. The van der Waals surface area contributed by atoms with Crippen LogP contribution < -0.4 is 0 Å². The van der Waals surface area contributed by atoms with Gasteiger partial charge in [0.1, 0.15) is 0 Å². The number of rotatable bonds is 2. The molecule has 0 spiro atoms. The predicted molar refractivity (Wildman–Crippen MR) is 86.1 cm³/mol. The third-order valence-corrected chi connectivity index (χ3v) is 4.76. The number of allylic oxidation sites excluding steroid dienone is 1. The zero-order valence-corrected chi connectivity index (χ0v) is 12.4. The van der Waals surface area contributed by atoms with Crippen molar-refractivity contribution in [3.8, 4) is 0 Å². The summed E-state index contributed by atoms with van der Waals surface area (Å²) >= 11 is 0. The Kier molecular flexibility index (Phi) is 3.30. The van der Waals surface area contributed by atoms with Crippen LogP contribution in [-0.4, -0.2) is 12.6 Å². The summed E-state index contributed by atoms with van der Waals surface area (Å²) < 4.78 is 5.20. The standard InChI is InChI=1S/C20H18O2/c21-20-18-12-16(11-17(18)13-22-20)19(14-7-3-1-4-8-14)15-9-5-2-6-10-15/h1-10,17-18H,11-13H2. The number of hydrogen-bond acceptors (Lipinski definition) is 2. The van der Waals surface area contributed by atoms with Gasteiger partial charge in [0.2, 0.25) is 0 Å². The molecule has 2 heteroatoms. The van der Waals surface area contributed by atoms with E-state index in [2.05, 4.69) is 48.5 Å². The first-order valence-corrected chi connectivity index (χ1v) is 7.82. The first-order valence-electron chi connectivity index (χ1n) is 7.82. The van der Waals surface area contributed by atoms with Gasteiger partial charge in [-0.2, -0.15) is 0 Å². The van der Waals surface area contributed by atoms with Crippen LogP contribution in [0.1, 0.15) is 24.0 Å². The van der Waals surface area contributed by atoms with Crippen LogP contribution in [0.15, 0.2) is 66.2 Å². The van der Waals surface area contributed by atoms with Gasteiger partial charge in [0.15, 0.2) is 0 Å². The van der Waals surface area contributed by atoms with Crippen LogP contribution in [-0.2, 0) is 9.53 Å². The minimum Gasteiger partial charge on any atom is -0.465 e. The maximum Gasteiger partial charge on any atom is 0.309 e. The van der Waals surface area contributed by atoms with Crippen LogP contribution >= 0.6 is 0 Å². The first-order chi connectivity index (χ1) is 10.8. The predicted octanol–water partition coefficient (Wildman–Crippen LogP) is 4.07. The van der Waals surface area contributed by atoms with Crippen LogP contribution in [0.5, 0.6) is 0 Å². The molecule has 2 nitrogen and oxygen atoms in total. The molecule has 1 aliphatic carbocycles. The number of ether oxygens (including phenoxy) is 1. The molecule has 4 rings (SSSR count). The Hall–Kier alpha value is -2.35. The van der Waals surface area contributed by atoms with E-state index in [9.17, 15) is 4.79 Å². The molecule has 1 heterocycles. The average Bonchev–Trinajstić information content (AvgIpc) is 3.12. The maximum atomic E-state index is 11.9. The molecular weight excluding hydrogens is 272 g/mol. The van der Waals surface area contributed by atoms with Gasteiger partial charge in [-0.1, -0.05) is 66.2 Å². The summed E-state index contributed by atoms with van der Waals surface area (Å²) in [6.07, 6.45) is 1.80. The van der Waals surface area contributed by atoms with Gasteiger partial charge in [0.05, 0.1) is 12.5 Å². The molecule has 0 bridgehead atoms. The molecule has 2 aromatic rings. The minimum absolute atomic E-state index is 0.0135.